The first-order chi connectivity index (χ1) is 19.7. The number of nitrogens with zero attached hydrogens (tertiary/aromatic N) is 4. The maximum atomic E-state index is 15.7. The Labute approximate surface area is 246 Å². The number of nitrogens with one attached hydrogen (secondary N) is 2. The van der Waals surface area contributed by atoms with Gasteiger partial charge in [0.2, 0.25) is 21.8 Å². The molecule has 1 aromatic carbocycles. The van der Waals surface area contributed by atoms with Crippen molar-refractivity contribution >= 4 is 38.2 Å². The van der Waals surface area contributed by atoms with Crippen LogP contribution in [0.1, 0.15) is 47.1 Å². The molecule has 1 fully saturated rings. The Balaban J connectivity index is 1.60. The highest BCUT2D eigenvalue weighted by molar-refractivity contribution is 7.93. The van der Waals surface area contributed by atoms with E-state index in [2.05, 4.69) is 38.8 Å². The van der Waals surface area contributed by atoms with Gasteiger partial charge in [-0.2, -0.15) is 0 Å². The molecule has 3 aromatic rings. The second kappa shape index (κ2) is 11.1. The van der Waals surface area contributed by atoms with Gasteiger partial charge in [-0.3, -0.25) is 19.4 Å². The molecule has 42 heavy (non-hydrogen) atoms. The number of sulfonamides is 1. The molecule has 0 unspecified atom stereocenters. The van der Waals surface area contributed by atoms with Crippen LogP contribution in [0, 0.1) is 5.82 Å². The number of hydrogen-bond acceptors (Lipinski definition) is 8. The summed E-state index contributed by atoms with van der Waals surface area (Å²) in [5.41, 5.74) is 2.01. The SMILES string of the molecule is CC(C)NCCOc1ncc(-c2cc3c4c(cnc3cc2F)N(C)C(=O)C42CN(C(C)C)C2)cc1NS(=O)(=O)C(C)C. The van der Waals surface area contributed by atoms with Crippen LogP contribution in [0.5, 0.6) is 5.88 Å². The Kier molecular flexibility index (Phi) is 7.92. The van der Waals surface area contributed by atoms with Crippen molar-refractivity contribution in [3.8, 4) is 17.0 Å². The van der Waals surface area contributed by atoms with Gasteiger partial charge in [-0.05, 0) is 39.8 Å². The van der Waals surface area contributed by atoms with Crippen LogP contribution in [0.3, 0.4) is 0 Å². The molecule has 2 aliphatic rings. The number of likely N-dealkylation sites (N-methyl/N-ethyl adjacent to an activating group) is 1. The smallest absolute Gasteiger partial charge is 0.240 e. The Morgan fingerprint density at radius 1 is 1.07 bits per heavy atom. The summed E-state index contributed by atoms with van der Waals surface area (Å²) < 4.78 is 49.7. The number of rotatable bonds is 10. The lowest BCUT2D eigenvalue weighted by atomic mass is 9.72. The first-order valence-corrected chi connectivity index (χ1v) is 15.8. The third-order valence-corrected chi connectivity index (χ3v) is 9.84. The molecule has 0 bridgehead atoms. The number of aromatic nitrogens is 2. The summed E-state index contributed by atoms with van der Waals surface area (Å²) >= 11 is 0. The van der Waals surface area contributed by atoms with Gasteiger partial charge in [-0.25, -0.2) is 17.8 Å². The fourth-order valence-corrected chi connectivity index (χ4v) is 6.27. The van der Waals surface area contributed by atoms with Crippen molar-refractivity contribution in [2.75, 3.05) is 42.9 Å². The van der Waals surface area contributed by atoms with Crippen LogP contribution in [0.15, 0.2) is 30.6 Å². The third kappa shape index (κ3) is 5.20. The number of hydrogen-bond donors (Lipinski definition) is 2. The molecule has 5 rings (SSSR count). The molecule has 2 aromatic heterocycles. The highest BCUT2D eigenvalue weighted by atomic mass is 32.2. The Bertz CT molecular complexity index is 1640. The van der Waals surface area contributed by atoms with E-state index < -0.39 is 26.5 Å². The molecule has 0 saturated carbocycles. The van der Waals surface area contributed by atoms with Crippen LogP contribution in [-0.2, 0) is 20.2 Å². The van der Waals surface area contributed by atoms with E-state index >= 15 is 4.39 Å². The molecule has 1 saturated heterocycles. The second-order valence-corrected chi connectivity index (χ2v) is 14.3. The Morgan fingerprint density at radius 3 is 2.43 bits per heavy atom. The molecular formula is C30H39FN6O4S. The third-order valence-electron chi connectivity index (χ3n) is 8.10. The number of ether oxygens (including phenoxy) is 1. The fourth-order valence-electron chi connectivity index (χ4n) is 5.58. The fraction of sp³-hybridized carbons (Fsp3) is 0.500. The topological polar surface area (TPSA) is 117 Å². The lowest BCUT2D eigenvalue weighted by molar-refractivity contribution is -0.130. The molecule has 2 N–H and O–H groups in total. The van der Waals surface area contributed by atoms with Crippen molar-refractivity contribution < 1.29 is 22.3 Å². The van der Waals surface area contributed by atoms with Crippen LogP contribution >= 0.6 is 0 Å². The van der Waals surface area contributed by atoms with E-state index in [-0.39, 0.29) is 35.7 Å². The van der Waals surface area contributed by atoms with E-state index in [1.807, 2.05) is 13.8 Å². The predicted molar refractivity (Wildman–Crippen MR) is 163 cm³/mol. The lowest BCUT2D eigenvalue weighted by Gasteiger charge is -2.49. The van der Waals surface area contributed by atoms with E-state index in [1.54, 1.807) is 38.1 Å². The summed E-state index contributed by atoms with van der Waals surface area (Å²) in [5.74, 6) is -0.421. The van der Waals surface area contributed by atoms with E-state index in [0.717, 1.165) is 11.3 Å². The van der Waals surface area contributed by atoms with Crippen LogP contribution in [0.25, 0.3) is 22.0 Å². The van der Waals surface area contributed by atoms with Crippen molar-refractivity contribution in [2.24, 2.45) is 0 Å². The molecule has 0 radical (unpaired) electrons. The van der Waals surface area contributed by atoms with Crippen molar-refractivity contribution in [3.63, 3.8) is 0 Å². The Morgan fingerprint density at radius 2 is 1.79 bits per heavy atom. The number of carbonyl (C=O) groups excluding carboxylic acids is 1. The molecule has 1 spiro atoms. The molecule has 10 nitrogen and oxygen atoms in total. The number of benzene rings is 1. The zero-order chi connectivity index (χ0) is 30.6. The minimum absolute atomic E-state index is 0.00933. The molecular weight excluding hydrogens is 559 g/mol. The number of likely N-dealkylation sites (tertiary alicyclic amines) is 1. The monoisotopic (exact) mass is 598 g/mol. The van der Waals surface area contributed by atoms with Crippen molar-refractivity contribution in [2.45, 2.75) is 64.3 Å². The highest BCUT2D eigenvalue weighted by Crippen LogP contribution is 2.50. The normalized spacial score (nSPS) is 16.6. The lowest BCUT2D eigenvalue weighted by Crippen LogP contribution is -2.65. The van der Waals surface area contributed by atoms with Crippen molar-refractivity contribution in [3.05, 3.63) is 42.0 Å². The summed E-state index contributed by atoms with van der Waals surface area (Å²) in [6.07, 6.45) is 3.11. The predicted octanol–water partition coefficient (Wildman–Crippen LogP) is 3.90. The van der Waals surface area contributed by atoms with Crippen LogP contribution < -0.4 is 19.7 Å². The van der Waals surface area contributed by atoms with E-state index in [4.69, 9.17) is 4.74 Å². The quantitative estimate of drug-likeness (QED) is 0.338. The second-order valence-electron chi connectivity index (χ2n) is 12.0. The van der Waals surface area contributed by atoms with Crippen LogP contribution in [-0.4, -0.2) is 79.8 Å². The zero-order valence-electron chi connectivity index (χ0n) is 25.2. The van der Waals surface area contributed by atoms with Gasteiger partial charge in [-0.1, -0.05) is 13.8 Å². The number of halogens is 1. The molecule has 2 aliphatic heterocycles. The minimum atomic E-state index is -3.74. The average molecular weight is 599 g/mol. The molecule has 0 aliphatic carbocycles. The number of pyridine rings is 2. The standard InChI is InChI=1S/C30H39FN6O4S/c1-17(2)32-8-9-41-28-25(35-42(39,40)19(5)6)10-20(13-34-28)21-11-22-24(12-23(21)31)33-14-26-27(22)30(29(38)36(26)7)15-37(16-30)18(3)4/h10-14,17-19,32,35H,8-9,15-16H2,1-7H3. The molecule has 226 valence electrons. The minimum Gasteiger partial charge on any atom is -0.475 e. The van der Waals surface area contributed by atoms with Crippen LogP contribution in [0.2, 0.25) is 0 Å². The maximum absolute atomic E-state index is 15.7. The Hall–Kier alpha value is -3.35. The van der Waals surface area contributed by atoms with Gasteiger partial charge >= 0.3 is 0 Å². The first kappa shape index (κ1) is 30.1. The van der Waals surface area contributed by atoms with Crippen molar-refractivity contribution in [1.82, 2.24) is 20.2 Å². The summed E-state index contributed by atoms with van der Waals surface area (Å²) in [4.78, 5) is 26.3. The van der Waals surface area contributed by atoms with Gasteiger partial charge < -0.3 is 15.0 Å². The number of fused-ring (bicyclic) bond motifs is 4. The molecule has 12 heteroatoms. The van der Waals surface area contributed by atoms with Gasteiger partial charge in [0.15, 0.2) is 0 Å². The van der Waals surface area contributed by atoms with Gasteiger partial charge in [0.05, 0.1) is 22.7 Å². The summed E-state index contributed by atoms with van der Waals surface area (Å²) in [6, 6.07) is 5.15. The van der Waals surface area contributed by atoms with Gasteiger partial charge in [0.1, 0.15) is 23.5 Å². The summed E-state index contributed by atoms with van der Waals surface area (Å²) in [6.45, 7) is 13.3. The largest absolute Gasteiger partial charge is 0.475 e. The number of anilines is 2. The average Bonchev–Trinajstić information content (AvgIpc) is 3.12. The van der Waals surface area contributed by atoms with E-state index in [1.165, 1.54) is 18.3 Å². The summed E-state index contributed by atoms with van der Waals surface area (Å²) in [5, 5.41) is 3.22. The van der Waals surface area contributed by atoms with Gasteiger partial charge in [0, 0.05) is 73.1 Å². The zero-order valence-corrected chi connectivity index (χ0v) is 26.0. The number of amides is 1. The van der Waals surface area contributed by atoms with Gasteiger partial charge in [0.25, 0.3) is 0 Å². The van der Waals surface area contributed by atoms with Gasteiger partial charge in [-0.15, -0.1) is 0 Å². The van der Waals surface area contributed by atoms with E-state index in [0.29, 0.717) is 42.1 Å². The summed E-state index contributed by atoms with van der Waals surface area (Å²) in [7, 11) is -1.99. The number of carbonyl (C=O) groups is 1. The van der Waals surface area contributed by atoms with E-state index in [9.17, 15) is 13.2 Å². The van der Waals surface area contributed by atoms with Crippen LogP contribution in [0.4, 0.5) is 15.8 Å². The highest BCUT2D eigenvalue weighted by Gasteiger charge is 2.58. The maximum Gasteiger partial charge on any atom is 0.240 e. The molecule has 1 amide bonds. The first-order valence-electron chi connectivity index (χ1n) is 14.3. The molecule has 4 heterocycles. The molecule has 0 atom stereocenters. The van der Waals surface area contributed by atoms with Crippen molar-refractivity contribution in [1.29, 1.82) is 0 Å².